The van der Waals surface area contributed by atoms with Gasteiger partial charge in [0.1, 0.15) is 10.8 Å². The van der Waals surface area contributed by atoms with Gasteiger partial charge in [-0.15, -0.1) is 11.3 Å². The van der Waals surface area contributed by atoms with Gasteiger partial charge in [-0.3, -0.25) is 0 Å². The molecule has 0 atom stereocenters. The summed E-state index contributed by atoms with van der Waals surface area (Å²) in [5, 5.41) is 2.51. The van der Waals surface area contributed by atoms with Crippen LogP contribution in [0.3, 0.4) is 0 Å². The molecule has 0 fully saturated rings. The van der Waals surface area contributed by atoms with Crippen LogP contribution in [-0.4, -0.2) is 4.98 Å². The van der Waals surface area contributed by atoms with Gasteiger partial charge in [0.05, 0.1) is 5.69 Å². The van der Waals surface area contributed by atoms with Gasteiger partial charge in [-0.05, 0) is 18.2 Å². The van der Waals surface area contributed by atoms with Crippen LogP contribution < -0.4 is 5.73 Å². The van der Waals surface area contributed by atoms with Gasteiger partial charge in [-0.2, -0.15) is 0 Å². The van der Waals surface area contributed by atoms with Crippen molar-refractivity contribution in [3.05, 3.63) is 39.6 Å². The summed E-state index contributed by atoms with van der Waals surface area (Å²) in [6, 6.07) is 4.93. The minimum atomic E-state index is -0.276. The third kappa shape index (κ3) is 2.25. The van der Waals surface area contributed by atoms with Crippen molar-refractivity contribution >= 4 is 27.3 Å². The predicted molar refractivity (Wildman–Crippen MR) is 63.1 cm³/mol. The van der Waals surface area contributed by atoms with Crippen LogP contribution in [-0.2, 0) is 6.54 Å². The standard InChI is InChI=1S/C10H8BrFN2S/c11-6-1-2-8(9(12)3-6)10-14-7(4-13)5-15-10/h1-3,5H,4,13H2. The molecule has 0 radical (unpaired) electrons. The third-order valence-electron chi connectivity index (χ3n) is 1.92. The van der Waals surface area contributed by atoms with E-state index in [0.29, 0.717) is 17.1 Å². The Morgan fingerprint density at radius 3 is 2.87 bits per heavy atom. The van der Waals surface area contributed by atoms with Crippen molar-refractivity contribution in [1.29, 1.82) is 0 Å². The Kier molecular flexibility index (Phi) is 3.14. The average molecular weight is 287 g/mol. The highest BCUT2D eigenvalue weighted by Crippen LogP contribution is 2.28. The summed E-state index contributed by atoms with van der Waals surface area (Å²) < 4.78 is 14.3. The number of nitrogens with zero attached hydrogens (tertiary/aromatic N) is 1. The number of benzene rings is 1. The zero-order chi connectivity index (χ0) is 10.8. The van der Waals surface area contributed by atoms with E-state index in [1.54, 1.807) is 12.1 Å². The molecule has 2 aromatic rings. The van der Waals surface area contributed by atoms with Gasteiger partial charge in [0, 0.05) is 22.0 Å². The summed E-state index contributed by atoms with van der Waals surface area (Å²) >= 11 is 4.61. The van der Waals surface area contributed by atoms with Crippen LogP contribution >= 0.6 is 27.3 Å². The molecule has 1 aromatic carbocycles. The molecule has 0 saturated heterocycles. The molecular weight excluding hydrogens is 279 g/mol. The van der Waals surface area contributed by atoms with E-state index >= 15 is 0 Å². The highest BCUT2D eigenvalue weighted by Gasteiger charge is 2.09. The first-order chi connectivity index (χ1) is 7.20. The molecule has 78 valence electrons. The van der Waals surface area contributed by atoms with E-state index < -0.39 is 0 Å². The zero-order valence-electron chi connectivity index (χ0n) is 7.71. The summed E-state index contributed by atoms with van der Waals surface area (Å²) in [7, 11) is 0. The molecule has 0 spiro atoms. The fourth-order valence-corrected chi connectivity index (χ4v) is 2.38. The van der Waals surface area contributed by atoms with Crippen LogP contribution in [0.5, 0.6) is 0 Å². The number of halogens is 2. The second-order valence-corrected chi connectivity index (χ2v) is 4.75. The lowest BCUT2D eigenvalue weighted by molar-refractivity contribution is 0.630. The molecule has 2 rings (SSSR count). The number of hydrogen-bond donors (Lipinski definition) is 1. The predicted octanol–water partition coefficient (Wildman–Crippen LogP) is 3.17. The van der Waals surface area contributed by atoms with Crippen molar-refractivity contribution in [3.8, 4) is 10.6 Å². The summed E-state index contributed by atoms with van der Waals surface area (Å²) in [4.78, 5) is 4.23. The number of aromatic nitrogens is 1. The van der Waals surface area contributed by atoms with E-state index in [1.807, 2.05) is 5.38 Å². The van der Waals surface area contributed by atoms with Crippen LogP contribution in [0.1, 0.15) is 5.69 Å². The molecule has 5 heteroatoms. The van der Waals surface area contributed by atoms with Crippen molar-refractivity contribution in [2.75, 3.05) is 0 Å². The molecule has 1 heterocycles. The summed E-state index contributed by atoms with van der Waals surface area (Å²) in [5.74, 6) is -0.276. The van der Waals surface area contributed by atoms with Gasteiger partial charge < -0.3 is 5.73 Å². The van der Waals surface area contributed by atoms with E-state index in [2.05, 4.69) is 20.9 Å². The topological polar surface area (TPSA) is 38.9 Å². The molecule has 2 N–H and O–H groups in total. The minimum absolute atomic E-state index is 0.276. The Bertz CT molecular complexity index is 484. The quantitative estimate of drug-likeness (QED) is 0.921. The lowest BCUT2D eigenvalue weighted by Crippen LogP contribution is -1.95. The average Bonchev–Trinajstić information content (AvgIpc) is 2.66. The van der Waals surface area contributed by atoms with Crippen LogP contribution in [0.2, 0.25) is 0 Å². The maximum absolute atomic E-state index is 13.6. The molecule has 0 aliphatic rings. The first-order valence-corrected chi connectivity index (χ1v) is 5.98. The SMILES string of the molecule is NCc1csc(-c2ccc(Br)cc2F)n1. The maximum Gasteiger partial charge on any atom is 0.134 e. The van der Waals surface area contributed by atoms with Crippen LogP contribution in [0.4, 0.5) is 4.39 Å². The smallest absolute Gasteiger partial charge is 0.134 e. The van der Waals surface area contributed by atoms with Gasteiger partial charge >= 0.3 is 0 Å². The van der Waals surface area contributed by atoms with Gasteiger partial charge in [-0.1, -0.05) is 15.9 Å². The molecule has 0 saturated carbocycles. The van der Waals surface area contributed by atoms with E-state index in [9.17, 15) is 4.39 Å². The van der Waals surface area contributed by atoms with Crippen molar-refractivity contribution in [3.63, 3.8) is 0 Å². The number of rotatable bonds is 2. The number of hydrogen-bond acceptors (Lipinski definition) is 3. The van der Waals surface area contributed by atoms with E-state index in [-0.39, 0.29) is 5.82 Å². The first-order valence-electron chi connectivity index (χ1n) is 4.30. The first kappa shape index (κ1) is 10.7. The highest BCUT2D eigenvalue weighted by molar-refractivity contribution is 9.10. The fourth-order valence-electron chi connectivity index (χ4n) is 1.19. The maximum atomic E-state index is 13.6. The number of nitrogens with two attached hydrogens (primary N) is 1. The molecule has 0 aliphatic carbocycles. The normalized spacial score (nSPS) is 10.6. The van der Waals surface area contributed by atoms with E-state index in [0.717, 1.165) is 10.2 Å². The Morgan fingerprint density at radius 1 is 1.47 bits per heavy atom. The molecule has 2 nitrogen and oxygen atoms in total. The Hall–Kier alpha value is -0.780. The second kappa shape index (κ2) is 4.38. The number of thiazole rings is 1. The van der Waals surface area contributed by atoms with Gasteiger partial charge in [-0.25, -0.2) is 9.37 Å². The molecule has 0 bridgehead atoms. The van der Waals surface area contributed by atoms with Gasteiger partial charge in [0.15, 0.2) is 0 Å². The van der Waals surface area contributed by atoms with Crippen molar-refractivity contribution < 1.29 is 4.39 Å². The Balaban J connectivity index is 2.44. The summed E-state index contributed by atoms with van der Waals surface area (Å²) in [5.41, 5.74) is 6.75. The Morgan fingerprint density at radius 2 is 2.27 bits per heavy atom. The van der Waals surface area contributed by atoms with E-state index in [1.165, 1.54) is 17.4 Å². The van der Waals surface area contributed by atoms with Crippen molar-refractivity contribution in [2.45, 2.75) is 6.54 Å². The van der Waals surface area contributed by atoms with Gasteiger partial charge in [0.2, 0.25) is 0 Å². The van der Waals surface area contributed by atoms with Crippen molar-refractivity contribution in [2.24, 2.45) is 5.73 Å². The largest absolute Gasteiger partial charge is 0.325 e. The highest BCUT2D eigenvalue weighted by atomic mass is 79.9. The zero-order valence-corrected chi connectivity index (χ0v) is 10.1. The minimum Gasteiger partial charge on any atom is -0.325 e. The molecule has 15 heavy (non-hydrogen) atoms. The van der Waals surface area contributed by atoms with Gasteiger partial charge in [0.25, 0.3) is 0 Å². The molecule has 0 unspecified atom stereocenters. The molecule has 1 aromatic heterocycles. The van der Waals surface area contributed by atoms with E-state index in [4.69, 9.17) is 5.73 Å². The molecular formula is C10H8BrFN2S. The fraction of sp³-hybridized carbons (Fsp3) is 0.100. The lowest BCUT2D eigenvalue weighted by Gasteiger charge is -1.99. The Labute approximate surface area is 99.1 Å². The van der Waals surface area contributed by atoms with Crippen LogP contribution in [0.25, 0.3) is 10.6 Å². The lowest BCUT2D eigenvalue weighted by atomic mass is 10.2. The molecule has 0 amide bonds. The van der Waals surface area contributed by atoms with Crippen molar-refractivity contribution in [1.82, 2.24) is 4.98 Å². The monoisotopic (exact) mass is 286 g/mol. The van der Waals surface area contributed by atoms with Crippen LogP contribution in [0.15, 0.2) is 28.1 Å². The van der Waals surface area contributed by atoms with Crippen LogP contribution in [0, 0.1) is 5.82 Å². The third-order valence-corrected chi connectivity index (χ3v) is 3.34. The molecule has 0 aliphatic heterocycles. The second-order valence-electron chi connectivity index (χ2n) is 2.97. The summed E-state index contributed by atoms with van der Waals surface area (Å²) in [6.45, 7) is 0.384. The summed E-state index contributed by atoms with van der Waals surface area (Å²) in [6.07, 6.45) is 0.